The minimum absolute atomic E-state index is 0.193. The third-order valence-electron chi connectivity index (χ3n) is 2.60. The van der Waals surface area contributed by atoms with Gasteiger partial charge in [0.2, 0.25) is 0 Å². The lowest BCUT2D eigenvalue weighted by Gasteiger charge is -2.15. The maximum atomic E-state index is 6.14. The lowest BCUT2D eigenvalue weighted by atomic mass is 10.1. The van der Waals surface area contributed by atoms with E-state index in [4.69, 9.17) is 11.6 Å². The first-order valence-corrected chi connectivity index (χ1v) is 5.88. The zero-order valence-corrected chi connectivity index (χ0v) is 10.4. The quantitative estimate of drug-likeness (QED) is 0.903. The average Bonchev–Trinajstić information content (AvgIpc) is 2.38. The van der Waals surface area contributed by atoms with Crippen molar-refractivity contribution >= 4 is 11.6 Å². The highest BCUT2D eigenvalue weighted by Gasteiger charge is 2.08. The van der Waals surface area contributed by atoms with Gasteiger partial charge in [0.15, 0.2) is 0 Å². The molecule has 4 heteroatoms. The molecule has 0 aliphatic rings. The summed E-state index contributed by atoms with van der Waals surface area (Å²) in [7, 11) is 0. The van der Waals surface area contributed by atoms with E-state index < -0.39 is 0 Å². The van der Waals surface area contributed by atoms with Gasteiger partial charge in [-0.15, -0.1) is 0 Å². The highest BCUT2D eigenvalue weighted by atomic mass is 35.5. The van der Waals surface area contributed by atoms with Gasteiger partial charge in [0.25, 0.3) is 0 Å². The fraction of sp³-hybridized carbons (Fsp3) is 0.231. The summed E-state index contributed by atoms with van der Waals surface area (Å²) in [6.07, 6.45) is 3.29. The van der Waals surface area contributed by atoms with Crippen molar-refractivity contribution in [1.82, 2.24) is 15.3 Å². The van der Waals surface area contributed by atoms with Gasteiger partial charge >= 0.3 is 0 Å². The maximum absolute atomic E-state index is 6.14. The number of hydrogen-bond donors (Lipinski definition) is 1. The monoisotopic (exact) mass is 247 g/mol. The average molecular weight is 248 g/mol. The predicted molar refractivity (Wildman–Crippen MR) is 68.7 cm³/mol. The van der Waals surface area contributed by atoms with Crippen LogP contribution in [0.1, 0.15) is 24.2 Å². The largest absolute Gasteiger partial charge is 0.305 e. The summed E-state index contributed by atoms with van der Waals surface area (Å²) in [5, 5.41) is 4.17. The lowest BCUT2D eigenvalue weighted by molar-refractivity contribution is 0.567. The first-order valence-electron chi connectivity index (χ1n) is 5.50. The van der Waals surface area contributed by atoms with E-state index >= 15 is 0 Å². The van der Waals surface area contributed by atoms with E-state index in [0.717, 1.165) is 16.3 Å². The Bertz CT molecular complexity index is 473. The molecular weight excluding hydrogens is 234 g/mol. The Morgan fingerprint density at radius 2 is 2.12 bits per heavy atom. The van der Waals surface area contributed by atoms with Crippen LogP contribution in [0.25, 0.3) is 0 Å². The topological polar surface area (TPSA) is 37.8 Å². The standard InChI is InChI=1S/C13H14ClN3/c1-10(12-4-2-3-5-13(12)14)16-8-11-6-7-15-9-17-11/h2-7,9-10,16H,8H2,1H3. The fourth-order valence-electron chi connectivity index (χ4n) is 1.62. The van der Waals surface area contributed by atoms with Crippen LogP contribution in [0.5, 0.6) is 0 Å². The minimum atomic E-state index is 0.193. The first-order chi connectivity index (χ1) is 8.27. The SMILES string of the molecule is CC(NCc1ccncn1)c1ccccc1Cl. The highest BCUT2D eigenvalue weighted by molar-refractivity contribution is 6.31. The third-order valence-corrected chi connectivity index (χ3v) is 2.95. The summed E-state index contributed by atoms with van der Waals surface area (Å²) < 4.78 is 0. The van der Waals surface area contributed by atoms with Gasteiger partial charge in [-0.2, -0.15) is 0 Å². The fourth-order valence-corrected chi connectivity index (χ4v) is 1.92. The summed E-state index contributed by atoms with van der Waals surface area (Å²) >= 11 is 6.14. The van der Waals surface area contributed by atoms with Crippen molar-refractivity contribution < 1.29 is 0 Å². The molecule has 88 valence electrons. The number of rotatable bonds is 4. The molecule has 1 aromatic heterocycles. The molecule has 0 bridgehead atoms. The minimum Gasteiger partial charge on any atom is -0.305 e. The molecule has 1 atom stereocenters. The van der Waals surface area contributed by atoms with Crippen LogP contribution in [0.4, 0.5) is 0 Å². The van der Waals surface area contributed by atoms with E-state index in [0.29, 0.717) is 6.54 Å². The molecule has 1 N–H and O–H groups in total. The summed E-state index contributed by atoms with van der Waals surface area (Å²) in [6.45, 7) is 2.79. The van der Waals surface area contributed by atoms with Crippen LogP contribution in [0.3, 0.4) is 0 Å². The van der Waals surface area contributed by atoms with Crippen LogP contribution in [0.2, 0.25) is 5.02 Å². The van der Waals surface area contributed by atoms with E-state index in [-0.39, 0.29) is 6.04 Å². The number of hydrogen-bond acceptors (Lipinski definition) is 3. The molecule has 0 amide bonds. The Kier molecular flexibility index (Phi) is 4.07. The van der Waals surface area contributed by atoms with Crippen LogP contribution in [0, 0.1) is 0 Å². The maximum Gasteiger partial charge on any atom is 0.115 e. The van der Waals surface area contributed by atoms with Gasteiger partial charge in [0.1, 0.15) is 6.33 Å². The summed E-state index contributed by atoms with van der Waals surface area (Å²) in [6, 6.07) is 9.94. The molecule has 2 rings (SSSR count). The Morgan fingerprint density at radius 3 is 2.82 bits per heavy atom. The number of benzene rings is 1. The predicted octanol–water partition coefficient (Wildman–Crippen LogP) is 2.98. The Labute approximate surface area is 106 Å². The molecule has 1 aromatic carbocycles. The van der Waals surface area contributed by atoms with Gasteiger partial charge in [-0.25, -0.2) is 9.97 Å². The van der Waals surface area contributed by atoms with Crippen molar-refractivity contribution in [3.63, 3.8) is 0 Å². The third kappa shape index (κ3) is 3.25. The van der Waals surface area contributed by atoms with Crippen LogP contribution < -0.4 is 5.32 Å². The lowest BCUT2D eigenvalue weighted by Crippen LogP contribution is -2.19. The van der Waals surface area contributed by atoms with Gasteiger partial charge < -0.3 is 5.32 Å². The molecule has 0 aliphatic heterocycles. The highest BCUT2D eigenvalue weighted by Crippen LogP contribution is 2.22. The molecule has 17 heavy (non-hydrogen) atoms. The van der Waals surface area contributed by atoms with E-state index in [2.05, 4.69) is 22.2 Å². The summed E-state index contributed by atoms with van der Waals surface area (Å²) in [5.74, 6) is 0. The van der Waals surface area contributed by atoms with Crippen molar-refractivity contribution in [2.75, 3.05) is 0 Å². The molecule has 0 saturated carbocycles. The van der Waals surface area contributed by atoms with Crippen molar-refractivity contribution in [2.24, 2.45) is 0 Å². The molecule has 3 nitrogen and oxygen atoms in total. The van der Waals surface area contributed by atoms with Crippen LogP contribution in [-0.2, 0) is 6.54 Å². The van der Waals surface area contributed by atoms with Crippen molar-refractivity contribution in [3.8, 4) is 0 Å². The number of aromatic nitrogens is 2. The zero-order chi connectivity index (χ0) is 12.1. The molecule has 2 aromatic rings. The summed E-state index contributed by atoms with van der Waals surface area (Å²) in [5.41, 5.74) is 2.07. The van der Waals surface area contributed by atoms with Gasteiger partial charge in [0.05, 0.1) is 5.69 Å². The van der Waals surface area contributed by atoms with Crippen molar-refractivity contribution in [1.29, 1.82) is 0 Å². The van der Waals surface area contributed by atoms with Gasteiger partial charge in [-0.3, -0.25) is 0 Å². The Morgan fingerprint density at radius 1 is 1.29 bits per heavy atom. The van der Waals surface area contributed by atoms with E-state index in [1.165, 1.54) is 0 Å². The Hall–Kier alpha value is -1.45. The zero-order valence-electron chi connectivity index (χ0n) is 9.60. The number of halogens is 1. The van der Waals surface area contributed by atoms with Gasteiger partial charge in [-0.1, -0.05) is 29.8 Å². The number of nitrogens with zero attached hydrogens (tertiary/aromatic N) is 2. The molecule has 0 aliphatic carbocycles. The second-order valence-electron chi connectivity index (χ2n) is 3.82. The van der Waals surface area contributed by atoms with Crippen LogP contribution in [0.15, 0.2) is 42.9 Å². The molecular formula is C13H14ClN3. The number of nitrogens with one attached hydrogen (secondary N) is 1. The van der Waals surface area contributed by atoms with Gasteiger partial charge in [0, 0.05) is 23.8 Å². The van der Waals surface area contributed by atoms with Crippen molar-refractivity contribution in [2.45, 2.75) is 19.5 Å². The summed E-state index contributed by atoms with van der Waals surface area (Å²) in [4.78, 5) is 8.04. The molecule has 0 saturated heterocycles. The normalized spacial score (nSPS) is 12.4. The van der Waals surface area contributed by atoms with Crippen molar-refractivity contribution in [3.05, 3.63) is 59.1 Å². The molecule has 0 spiro atoms. The van der Waals surface area contributed by atoms with E-state index in [1.807, 2.05) is 30.3 Å². The van der Waals surface area contributed by atoms with Crippen LogP contribution in [-0.4, -0.2) is 9.97 Å². The van der Waals surface area contributed by atoms with E-state index in [9.17, 15) is 0 Å². The molecule has 0 fully saturated rings. The molecule has 0 radical (unpaired) electrons. The molecule has 1 heterocycles. The second kappa shape index (κ2) is 5.75. The molecule has 1 unspecified atom stereocenters. The smallest absolute Gasteiger partial charge is 0.115 e. The Balaban J connectivity index is 1.99. The van der Waals surface area contributed by atoms with Crippen LogP contribution >= 0.6 is 11.6 Å². The van der Waals surface area contributed by atoms with E-state index in [1.54, 1.807) is 12.5 Å². The first kappa shape index (κ1) is 12.0. The second-order valence-corrected chi connectivity index (χ2v) is 4.23. The van der Waals surface area contributed by atoms with Gasteiger partial charge in [-0.05, 0) is 24.6 Å².